The van der Waals surface area contributed by atoms with Gasteiger partial charge >= 0.3 is 5.97 Å². The molecule has 5 heteroatoms. The molecule has 5 nitrogen and oxygen atoms in total. The highest BCUT2D eigenvalue weighted by molar-refractivity contribution is 6.28. The van der Waals surface area contributed by atoms with Crippen LogP contribution in [0.1, 0.15) is 43.2 Å². The summed E-state index contributed by atoms with van der Waals surface area (Å²) in [7, 11) is 1.68. The van der Waals surface area contributed by atoms with Crippen molar-refractivity contribution in [3.05, 3.63) is 57.9 Å². The molecule has 0 spiro atoms. The third kappa shape index (κ3) is 1.74. The number of carbonyl (C=O) groups excluding carboxylic acids is 2. The van der Waals surface area contributed by atoms with Crippen LogP contribution in [-0.2, 0) is 18.3 Å². The van der Waals surface area contributed by atoms with E-state index in [1.54, 1.807) is 42.8 Å². The van der Waals surface area contributed by atoms with Crippen LogP contribution in [0.4, 0.5) is 0 Å². The van der Waals surface area contributed by atoms with Crippen molar-refractivity contribution in [1.82, 2.24) is 4.57 Å². The number of fused-ring (bicyclic) bond motifs is 2. The predicted molar refractivity (Wildman–Crippen MR) is 74.8 cm³/mol. The number of carbonyl (C=O) groups is 3. The summed E-state index contributed by atoms with van der Waals surface area (Å²) in [6, 6.07) is 6.63. The minimum atomic E-state index is -1.02. The Morgan fingerprint density at radius 2 is 1.71 bits per heavy atom. The summed E-state index contributed by atoms with van der Waals surface area (Å²) in [6.45, 7) is 1.72. The van der Waals surface area contributed by atoms with Gasteiger partial charge in [0.2, 0.25) is 5.78 Å². The molecule has 2 aromatic rings. The van der Waals surface area contributed by atoms with E-state index in [9.17, 15) is 14.4 Å². The van der Waals surface area contributed by atoms with E-state index in [1.165, 1.54) is 0 Å². The molecule has 0 fully saturated rings. The third-order valence-electron chi connectivity index (χ3n) is 4.00. The summed E-state index contributed by atoms with van der Waals surface area (Å²) in [4.78, 5) is 36.3. The van der Waals surface area contributed by atoms with E-state index in [0.29, 0.717) is 22.4 Å². The predicted octanol–water partition coefficient (Wildman–Crippen LogP) is 1.74. The van der Waals surface area contributed by atoms with Gasteiger partial charge in [-0.2, -0.15) is 0 Å². The molecule has 0 aliphatic heterocycles. The van der Waals surface area contributed by atoms with Crippen LogP contribution < -0.4 is 0 Å². The second-order valence-electron chi connectivity index (χ2n) is 5.12. The van der Waals surface area contributed by atoms with Crippen LogP contribution in [-0.4, -0.2) is 27.2 Å². The number of benzene rings is 1. The van der Waals surface area contributed by atoms with E-state index < -0.39 is 5.97 Å². The van der Waals surface area contributed by atoms with Gasteiger partial charge < -0.3 is 9.67 Å². The van der Waals surface area contributed by atoms with Gasteiger partial charge in [-0.1, -0.05) is 24.3 Å². The SMILES string of the molecule is Cc1c(CC(=O)O)c2c(n1C)C(=O)c1ccccc1C2=O. The van der Waals surface area contributed by atoms with Gasteiger partial charge in [0.15, 0.2) is 5.78 Å². The Balaban J connectivity index is 2.33. The van der Waals surface area contributed by atoms with Gasteiger partial charge in [-0.05, 0) is 12.5 Å². The van der Waals surface area contributed by atoms with Crippen molar-refractivity contribution in [3.8, 4) is 0 Å². The van der Waals surface area contributed by atoms with E-state index in [-0.39, 0.29) is 29.2 Å². The topological polar surface area (TPSA) is 76.4 Å². The minimum absolute atomic E-state index is 0.234. The fourth-order valence-corrected chi connectivity index (χ4v) is 2.88. The summed E-state index contributed by atoms with van der Waals surface area (Å²) in [6.07, 6.45) is -0.268. The molecule has 21 heavy (non-hydrogen) atoms. The van der Waals surface area contributed by atoms with Crippen molar-refractivity contribution in [2.45, 2.75) is 13.3 Å². The standard InChI is InChI=1S/C16H13NO4/c1-8-11(7-12(18)19)13-14(17(8)2)16(21)10-6-4-3-5-9(10)15(13)20/h3-6H,7H2,1-2H3,(H,18,19). The first-order chi connectivity index (χ1) is 9.93. The summed E-state index contributed by atoms with van der Waals surface area (Å²) >= 11 is 0. The Labute approximate surface area is 120 Å². The molecule has 1 aromatic heterocycles. The molecule has 106 valence electrons. The number of hydrogen-bond donors (Lipinski definition) is 1. The zero-order chi connectivity index (χ0) is 15.3. The number of hydrogen-bond acceptors (Lipinski definition) is 3. The van der Waals surface area contributed by atoms with Gasteiger partial charge in [-0.3, -0.25) is 14.4 Å². The smallest absolute Gasteiger partial charge is 0.307 e. The van der Waals surface area contributed by atoms with Crippen LogP contribution >= 0.6 is 0 Å². The first-order valence-electron chi connectivity index (χ1n) is 6.51. The first kappa shape index (κ1) is 13.3. The molecule has 0 saturated carbocycles. The molecule has 0 atom stereocenters. The van der Waals surface area contributed by atoms with Crippen LogP contribution in [0.5, 0.6) is 0 Å². The number of carboxylic acid groups (broad SMARTS) is 1. The highest BCUT2D eigenvalue weighted by Crippen LogP contribution is 2.32. The van der Waals surface area contributed by atoms with Crippen molar-refractivity contribution in [2.24, 2.45) is 7.05 Å². The average Bonchev–Trinajstić information content (AvgIpc) is 2.70. The molecular formula is C16H13NO4. The Bertz CT molecular complexity index is 814. The van der Waals surface area contributed by atoms with Crippen LogP contribution in [0, 0.1) is 6.92 Å². The lowest BCUT2D eigenvalue weighted by Gasteiger charge is -2.16. The maximum absolute atomic E-state index is 12.7. The monoisotopic (exact) mass is 283 g/mol. The molecule has 0 unspecified atom stereocenters. The van der Waals surface area contributed by atoms with Gasteiger partial charge in [0.1, 0.15) is 5.69 Å². The lowest BCUT2D eigenvalue weighted by Crippen LogP contribution is -2.23. The maximum Gasteiger partial charge on any atom is 0.307 e. The number of aliphatic carboxylic acids is 1. The zero-order valence-corrected chi connectivity index (χ0v) is 11.6. The molecule has 1 aliphatic carbocycles. The number of carboxylic acids is 1. The van der Waals surface area contributed by atoms with Crippen LogP contribution in [0.15, 0.2) is 24.3 Å². The summed E-state index contributed by atoms with van der Waals surface area (Å²) in [5.41, 5.74) is 2.29. The Morgan fingerprint density at radius 1 is 1.14 bits per heavy atom. The van der Waals surface area contributed by atoms with E-state index in [1.807, 2.05) is 0 Å². The van der Waals surface area contributed by atoms with Gasteiger partial charge in [-0.15, -0.1) is 0 Å². The van der Waals surface area contributed by atoms with Crippen molar-refractivity contribution in [2.75, 3.05) is 0 Å². The Morgan fingerprint density at radius 3 is 2.29 bits per heavy atom. The number of aromatic nitrogens is 1. The summed E-state index contributed by atoms with van der Waals surface area (Å²) in [5.74, 6) is -1.53. The van der Waals surface area contributed by atoms with Gasteiger partial charge in [0.05, 0.1) is 12.0 Å². The van der Waals surface area contributed by atoms with Gasteiger partial charge in [0, 0.05) is 23.9 Å². The minimum Gasteiger partial charge on any atom is -0.481 e. The maximum atomic E-state index is 12.7. The Hall–Kier alpha value is -2.69. The van der Waals surface area contributed by atoms with Crippen molar-refractivity contribution in [3.63, 3.8) is 0 Å². The molecule has 0 radical (unpaired) electrons. The van der Waals surface area contributed by atoms with E-state index >= 15 is 0 Å². The highest BCUT2D eigenvalue weighted by Gasteiger charge is 2.36. The summed E-state index contributed by atoms with van der Waals surface area (Å²) in [5, 5.41) is 9.04. The van der Waals surface area contributed by atoms with Crippen molar-refractivity contribution >= 4 is 17.5 Å². The van der Waals surface area contributed by atoms with E-state index in [4.69, 9.17) is 5.11 Å². The lowest BCUT2D eigenvalue weighted by atomic mass is 9.85. The fourth-order valence-electron chi connectivity index (χ4n) is 2.88. The van der Waals surface area contributed by atoms with Crippen molar-refractivity contribution in [1.29, 1.82) is 0 Å². The molecule has 3 rings (SSSR count). The second-order valence-corrected chi connectivity index (χ2v) is 5.12. The quantitative estimate of drug-likeness (QED) is 0.777. The van der Waals surface area contributed by atoms with E-state index in [2.05, 4.69) is 0 Å². The zero-order valence-electron chi connectivity index (χ0n) is 11.6. The van der Waals surface area contributed by atoms with Gasteiger partial charge in [0.25, 0.3) is 0 Å². The van der Waals surface area contributed by atoms with Gasteiger partial charge in [-0.25, -0.2) is 0 Å². The second kappa shape index (κ2) is 4.41. The Kier molecular flexibility index (Phi) is 2.79. The largest absolute Gasteiger partial charge is 0.481 e. The number of nitrogens with zero attached hydrogens (tertiary/aromatic N) is 1. The molecule has 0 bridgehead atoms. The normalized spacial score (nSPS) is 13.0. The molecule has 1 aromatic carbocycles. The molecule has 0 saturated heterocycles. The molecule has 1 N–H and O–H groups in total. The molecule has 1 heterocycles. The van der Waals surface area contributed by atoms with Crippen LogP contribution in [0.25, 0.3) is 0 Å². The molecule has 0 amide bonds. The molecule has 1 aliphatic rings. The van der Waals surface area contributed by atoms with Crippen molar-refractivity contribution < 1.29 is 19.5 Å². The van der Waals surface area contributed by atoms with Crippen LogP contribution in [0.3, 0.4) is 0 Å². The average molecular weight is 283 g/mol. The fraction of sp³-hybridized carbons (Fsp3) is 0.188. The number of ketones is 2. The molecular weight excluding hydrogens is 270 g/mol. The first-order valence-corrected chi connectivity index (χ1v) is 6.51. The van der Waals surface area contributed by atoms with Crippen LogP contribution in [0.2, 0.25) is 0 Å². The number of rotatable bonds is 2. The highest BCUT2D eigenvalue weighted by atomic mass is 16.4. The van der Waals surface area contributed by atoms with E-state index in [0.717, 1.165) is 0 Å². The summed E-state index contributed by atoms with van der Waals surface area (Å²) < 4.78 is 1.61. The lowest BCUT2D eigenvalue weighted by molar-refractivity contribution is -0.136. The third-order valence-corrected chi connectivity index (χ3v) is 4.00.